The van der Waals surface area contributed by atoms with Crippen LogP contribution in [0.5, 0.6) is 0 Å². The summed E-state index contributed by atoms with van der Waals surface area (Å²) in [5.41, 5.74) is 3.60. The van der Waals surface area contributed by atoms with Crippen molar-refractivity contribution < 1.29 is 33.5 Å². The zero-order valence-corrected chi connectivity index (χ0v) is 34.8. The van der Waals surface area contributed by atoms with Crippen molar-refractivity contribution in [2.24, 2.45) is 17.6 Å². The van der Waals surface area contributed by atoms with E-state index in [4.69, 9.17) is 5.73 Å². The first-order valence-electron chi connectivity index (χ1n) is 21.2. The fourth-order valence-electron chi connectivity index (χ4n) is 8.34. The molecule has 2 saturated carbocycles. The molecule has 0 unspecified atom stereocenters. The summed E-state index contributed by atoms with van der Waals surface area (Å²) in [5, 5.41) is 25.5. The van der Waals surface area contributed by atoms with E-state index in [2.05, 4.69) is 26.6 Å². The first-order chi connectivity index (χ1) is 29.2. The van der Waals surface area contributed by atoms with Crippen LogP contribution in [0.2, 0.25) is 0 Å². The summed E-state index contributed by atoms with van der Waals surface area (Å²) in [4.78, 5) is 95.0. The summed E-state index contributed by atoms with van der Waals surface area (Å²) in [6, 6.07) is 14.0. The van der Waals surface area contributed by atoms with E-state index in [-0.39, 0.29) is 18.8 Å². The lowest BCUT2D eigenvalue weighted by molar-refractivity contribution is -0.136. The Morgan fingerprint density at radius 1 is 0.803 bits per heavy atom. The summed E-state index contributed by atoms with van der Waals surface area (Å²) in [6.45, 7) is 2.81. The Balaban J connectivity index is 1.32. The molecule has 0 bridgehead atoms. The fraction of sp³-hybridized carbons (Fsp3) is 0.523. The van der Waals surface area contributed by atoms with Gasteiger partial charge in [-0.25, -0.2) is 4.79 Å². The van der Waals surface area contributed by atoms with Crippen molar-refractivity contribution in [1.82, 2.24) is 36.6 Å². The SMILES string of the molecule is CC(C)[C@H](NC(=O)[C@@H](N)CNC(=O)c1[nH]c(=O)[nH]c(=O)c1F)C(=O)N[C@@H](CC1CCCCC1)C(=O)N[C@@H](Cc1ccccc1)[C@@H](O)C(=O)NC1(c2ccccc2)CCCCC1. The monoisotopic (exact) mass is 846 g/mol. The van der Waals surface area contributed by atoms with E-state index in [0.29, 0.717) is 12.8 Å². The molecule has 330 valence electrons. The number of aromatic nitrogens is 2. The molecule has 5 amide bonds. The normalized spacial score (nSPS) is 17.8. The van der Waals surface area contributed by atoms with Crippen LogP contribution in [0.15, 0.2) is 70.3 Å². The number of nitrogens with one attached hydrogen (secondary N) is 7. The number of aliphatic hydroxyl groups is 1. The highest BCUT2D eigenvalue weighted by Gasteiger charge is 2.40. The number of aromatic amines is 2. The molecule has 5 atom stereocenters. The van der Waals surface area contributed by atoms with Crippen molar-refractivity contribution in [3.8, 4) is 0 Å². The number of benzene rings is 2. The number of aliphatic hydroxyl groups excluding tert-OH is 1. The highest BCUT2D eigenvalue weighted by molar-refractivity contribution is 5.95. The summed E-state index contributed by atoms with van der Waals surface area (Å²) in [7, 11) is 0. The minimum Gasteiger partial charge on any atom is -0.381 e. The molecule has 2 aliphatic carbocycles. The Labute approximate surface area is 353 Å². The third kappa shape index (κ3) is 12.7. The third-order valence-electron chi connectivity index (χ3n) is 11.8. The van der Waals surface area contributed by atoms with Gasteiger partial charge in [-0.1, -0.05) is 126 Å². The van der Waals surface area contributed by atoms with Crippen LogP contribution in [-0.2, 0) is 31.1 Å². The number of halogens is 1. The second kappa shape index (κ2) is 21.7. The van der Waals surface area contributed by atoms with Crippen LogP contribution >= 0.6 is 0 Å². The molecular weight excluding hydrogens is 788 g/mol. The Hall–Kier alpha value is -5.68. The second-order valence-electron chi connectivity index (χ2n) is 16.7. The van der Waals surface area contributed by atoms with Crippen LogP contribution in [0.25, 0.3) is 0 Å². The molecule has 1 heterocycles. The lowest BCUT2D eigenvalue weighted by atomic mass is 9.76. The number of amides is 5. The van der Waals surface area contributed by atoms with Crippen molar-refractivity contribution in [2.75, 3.05) is 6.54 Å². The van der Waals surface area contributed by atoms with Crippen molar-refractivity contribution in [1.29, 1.82) is 0 Å². The fourth-order valence-corrected chi connectivity index (χ4v) is 8.34. The van der Waals surface area contributed by atoms with Crippen molar-refractivity contribution in [3.05, 3.63) is 104 Å². The quantitative estimate of drug-likeness (QED) is 0.0905. The highest BCUT2D eigenvalue weighted by atomic mass is 19.1. The van der Waals surface area contributed by atoms with Crippen LogP contribution in [0, 0.1) is 17.7 Å². The maximum Gasteiger partial charge on any atom is 0.326 e. The van der Waals surface area contributed by atoms with Crippen LogP contribution in [0.3, 0.4) is 0 Å². The molecule has 0 radical (unpaired) electrons. The number of rotatable bonds is 18. The average molecular weight is 847 g/mol. The molecule has 2 fully saturated rings. The molecule has 0 spiro atoms. The zero-order chi connectivity index (χ0) is 44.1. The molecular formula is C44H59FN8O8. The lowest BCUT2D eigenvalue weighted by Gasteiger charge is -2.40. The smallest absolute Gasteiger partial charge is 0.326 e. The summed E-state index contributed by atoms with van der Waals surface area (Å²) in [5.74, 6) is -5.88. The topological polar surface area (TPSA) is 257 Å². The minimum absolute atomic E-state index is 0.103. The third-order valence-corrected chi connectivity index (χ3v) is 11.8. The van der Waals surface area contributed by atoms with Gasteiger partial charge in [0.25, 0.3) is 17.4 Å². The van der Waals surface area contributed by atoms with E-state index in [1.54, 1.807) is 18.8 Å². The Morgan fingerprint density at radius 2 is 1.43 bits per heavy atom. The number of carbonyl (C=O) groups is 5. The molecule has 5 rings (SSSR count). The van der Waals surface area contributed by atoms with Gasteiger partial charge in [0.1, 0.15) is 23.8 Å². The van der Waals surface area contributed by atoms with E-state index in [1.807, 2.05) is 65.6 Å². The highest BCUT2D eigenvalue weighted by Crippen LogP contribution is 2.37. The van der Waals surface area contributed by atoms with Gasteiger partial charge in [0.2, 0.25) is 23.5 Å². The summed E-state index contributed by atoms with van der Waals surface area (Å²) in [6.07, 6.45) is 7.67. The van der Waals surface area contributed by atoms with Gasteiger partial charge in [0, 0.05) is 6.54 Å². The van der Waals surface area contributed by atoms with Gasteiger partial charge in [-0.15, -0.1) is 0 Å². The second-order valence-corrected chi connectivity index (χ2v) is 16.7. The van der Waals surface area contributed by atoms with Gasteiger partial charge >= 0.3 is 5.69 Å². The number of H-pyrrole nitrogens is 2. The maximum absolute atomic E-state index is 14.4. The van der Waals surface area contributed by atoms with Gasteiger partial charge < -0.3 is 42.4 Å². The molecule has 0 aliphatic heterocycles. The Kier molecular flexibility index (Phi) is 16.5. The van der Waals surface area contributed by atoms with Gasteiger partial charge in [-0.3, -0.25) is 33.8 Å². The van der Waals surface area contributed by atoms with Gasteiger partial charge in [-0.05, 0) is 48.6 Å². The Morgan fingerprint density at radius 3 is 2.07 bits per heavy atom. The molecule has 16 nitrogen and oxygen atoms in total. The first kappa shape index (κ1) is 46.4. The predicted octanol–water partition coefficient (Wildman–Crippen LogP) is 1.92. The predicted molar refractivity (Wildman–Crippen MR) is 225 cm³/mol. The average Bonchev–Trinajstić information content (AvgIpc) is 3.26. The van der Waals surface area contributed by atoms with E-state index < -0.39 is 101 Å². The summed E-state index contributed by atoms with van der Waals surface area (Å²) >= 11 is 0. The molecule has 2 aliphatic rings. The molecule has 61 heavy (non-hydrogen) atoms. The lowest BCUT2D eigenvalue weighted by Crippen LogP contribution is -2.61. The van der Waals surface area contributed by atoms with Crippen LogP contribution in [0.4, 0.5) is 4.39 Å². The van der Waals surface area contributed by atoms with E-state index in [0.717, 1.165) is 62.5 Å². The largest absolute Gasteiger partial charge is 0.381 e. The van der Waals surface area contributed by atoms with Gasteiger partial charge in [0.15, 0.2) is 6.10 Å². The van der Waals surface area contributed by atoms with E-state index >= 15 is 0 Å². The maximum atomic E-state index is 14.4. The van der Waals surface area contributed by atoms with E-state index in [9.17, 15) is 43.1 Å². The number of hydrogen-bond acceptors (Lipinski definition) is 9. The zero-order valence-electron chi connectivity index (χ0n) is 34.8. The van der Waals surface area contributed by atoms with Crippen LogP contribution < -0.4 is 43.6 Å². The molecule has 1 aromatic heterocycles. The molecule has 17 heteroatoms. The Bertz CT molecular complexity index is 2080. The van der Waals surface area contributed by atoms with E-state index in [1.165, 1.54) is 0 Å². The minimum atomic E-state index is -1.65. The van der Waals surface area contributed by atoms with Crippen molar-refractivity contribution in [2.45, 2.75) is 127 Å². The number of nitrogens with two attached hydrogens (primary N) is 1. The molecule has 3 aromatic rings. The molecule has 2 aromatic carbocycles. The van der Waals surface area contributed by atoms with Crippen LogP contribution in [0.1, 0.15) is 106 Å². The van der Waals surface area contributed by atoms with Crippen molar-refractivity contribution >= 4 is 29.5 Å². The van der Waals surface area contributed by atoms with Gasteiger partial charge in [-0.2, -0.15) is 4.39 Å². The van der Waals surface area contributed by atoms with Crippen LogP contribution in [-0.4, -0.2) is 81.4 Å². The standard InChI is InChI=1S/C44H59FN8O8/c1-26(2)34(50-37(55)30(46)25-47-40(58)35-33(45)39(57)52-43(61)51-35)41(59)49-32(24-28-17-9-4-10-18-28)38(56)48-31(23-27-15-7-3-8-16-27)36(54)42(60)53-44(21-13-6-14-22-44)29-19-11-5-12-20-29/h3,5,7-8,11-12,15-16,19-20,26,28,30-32,34,36,54H,4,6,9-10,13-14,17-18,21-25,46H2,1-2H3,(H,47,58)(H,48,56)(H,49,59)(H,50,55)(H,53,60)(H2,51,52,57,61)/t30-,31-,32-,34-,36+/m0/s1. The van der Waals surface area contributed by atoms with Crippen molar-refractivity contribution in [3.63, 3.8) is 0 Å². The van der Waals surface area contributed by atoms with Gasteiger partial charge in [0.05, 0.1) is 11.6 Å². The first-order valence-corrected chi connectivity index (χ1v) is 21.2. The molecule has 10 N–H and O–H groups in total. The number of carbonyl (C=O) groups excluding carboxylic acids is 5. The number of hydrogen-bond donors (Lipinski definition) is 9. The molecule has 0 saturated heterocycles. The summed E-state index contributed by atoms with van der Waals surface area (Å²) < 4.78 is 14.2.